The summed E-state index contributed by atoms with van der Waals surface area (Å²) in [6.45, 7) is -0.0629. The predicted octanol–water partition coefficient (Wildman–Crippen LogP) is 4.09. The second-order valence-electron chi connectivity index (χ2n) is 5.82. The van der Waals surface area contributed by atoms with Gasteiger partial charge in [-0.1, -0.05) is 48.0 Å². The molecule has 4 nitrogen and oxygen atoms in total. The number of carbonyl (C=O) groups is 1. The van der Waals surface area contributed by atoms with Crippen LogP contribution < -0.4 is 5.56 Å². The van der Waals surface area contributed by atoms with Crippen molar-refractivity contribution in [1.29, 1.82) is 0 Å². The highest BCUT2D eigenvalue weighted by Gasteiger charge is 2.11. The molecule has 0 aliphatic heterocycles. The second-order valence-corrected chi connectivity index (χ2v) is 6.26. The first-order chi connectivity index (χ1) is 12.1. The van der Waals surface area contributed by atoms with Crippen molar-refractivity contribution in [2.45, 2.75) is 6.54 Å². The number of benzene rings is 3. The lowest BCUT2D eigenvalue weighted by atomic mass is 10.0. The van der Waals surface area contributed by atoms with Gasteiger partial charge in [0.1, 0.15) is 0 Å². The third kappa shape index (κ3) is 2.92. The Hall–Kier alpha value is -2.98. The van der Waals surface area contributed by atoms with E-state index in [1.807, 2.05) is 36.4 Å². The Morgan fingerprint density at radius 1 is 1.00 bits per heavy atom. The lowest BCUT2D eigenvalue weighted by Crippen LogP contribution is -2.24. The van der Waals surface area contributed by atoms with E-state index in [2.05, 4.69) is 4.98 Å². The zero-order valence-electron chi connectivity index (χ0n) is 13.1. The molecule has 4 rings (SSSR count). The van der Waals surface area contributed by atoms with Crippen molar-refractivity contribution in [3.05, 3.63) is 87.9 Å². The lowest BCUT2D eigenvalue weighted by Gasteiger charge is -2.07. The molecule has 3 aromatic carbocycles. The first kappa shape index (κ1) is 15.5. The summed E-state index contributed by atoms with van der Waals surface area (Å²) in [5.74, 6) is -0.143. The van der Waals surface area contributed by atoms with E-state index in [-0.39, 0.29) is 17.9 Å². The van der Waals surface area contributed by atoms with Gasteiger partial charge in [0.05, 0.1) is 23.8 Å². The average Bonchev–Trinajstić information content (AvgIpc) is 2.64. The van der Waals surface area contributed by atoms with Crippen molar-refractivity contribution >= 4 is 39.1 Å². The molecule has 122 valence electrons. The van der Waals surface area contributed by atoms with E-state index >= 15 is 0 Å². The third-order valence-corrected chi connectivity index (χ3v) is 4.41. The van der Waals surface area contributed by atoms with Gasteiger partial charge in [0.15, 0.2) is 5.78 Å². The first-order valence-corrected chi connectivity index (χ1v) is 8.16. The van der Waals surface area contributed by atoms with Crippen LogP contribution in [-0.2, 0) is 6.54 Å². The Labute approximate surface area is 148 Å². The number of halogens is 1. The third-order valence-electron chi connectivity index (χ3n) is 4.17. The SMILES string of the molecule is O=C(Cn1cnc2ccc(Cl)cc2c1=O)c1ccc2ccccc2c1. The van der Waals surface area contributed by atoms with E-state index in [0.717, 1.165) is 10.8 Å². The van der Waals surface area contributed by atoms with Crippen LogP contribution in [0.1, 0.15) is 10.4 Å². The maximum absolute atomic E-state index is 12.6. The number of ketones is 1. The maximum Gasteiger partial charge on any atom is 0.261 e. The number of rotatable bonds is 3. The molecule has 25 heavy (non-hydrogen) atoms. The number of hydrogen-bond donors (Lipinski definition) is 0. The van der Waals surface area contributed by atoms with Crippen LogP contribution in [0.5, 0.6) is 0 Å². The van der Waals surface area contributed by atoms with Crippen LogP contribution in [0, 0.1) is 0 Å². The summed E-state index contributed by atoms with van der Waals surface area (Å²) in [7, 11) is 0. The quantitative estimate of drug-likeness (QED) is 0.524. The number of aromatic nitrogens is 2. The minimum absolute atomic E-state index is 0.0629. The van der Waals surface area contributed by atoms with Gasteiger partial charge in [-0.25, -0.2) is 4.98 Å². The van der Waals surface area contributed by atoms with E-state index in [0.29, 0.717) is 21.5 Å². The van der Waals surface area contributed by atoms with Crippen LogP contribution in [0.2, 0.25) is 5.02 Å². The van der Waals surface area contributed by atoms with Crippen molar-refractivity contribution in [2.75, 3.05) is 0 Å². The summed E-state index contributed by atoms with van der Waals surface area (Å²) in [6, 6.07) is 18.3. The average molecular weight is 349 g/mol. The summed E-state index contributed by atoms with van der Waals surface area (Å²) in [6.07, 6.45) is 1.40. The van der Waals surface area contributed by atoms with Gasteiger partial charge in [-0.05, 0) is 35.0 Å². The highest BCUT2D eigenvalue weighted by molar-refractivity contribution is 6.31. The molecule has 0 N–H and O–H groups in total. The van der Waals surface area contributed by atoms with Crippen molar-refractivity contribution in [3.63, 3.8) is 0 Å². The van der Waals surface area contributed by atoms with E-state index in [1.165, 1.54) is 10.9 Å². The molecule has 0 unspecified atom stereocenters. The number of nitrogens with zero attached hydrogens (tertiary/aromatic N) is 2. The largest absolute Gasteiger partial charge is 0.292 e. The van der Waals surface area contributed by atoms with Crippen molar-refractivity contribution in [3.8, 4) is 0 Å². The Bertz CT molecular complexity index is 1180. The molecule has 0 bridgehead atoms. The molecule has 0 radical (unpaired) electrons. The highest BCUT2D eigenvalue weighted by Crippen LogP contribution is 2.17. The summed E-state index contributed by atoms with van der Waals surface area (Å²) in [4.78, 5) is 29.4. The normalized spacial score (nSPS) is 11.1. The van der Waals surface area contributed by atoms with Crippen molar-refractivity contribution < 1.29 is 4.79 Å². The molecular weight excluding hydrogens is 336 g/mol. The fourth-order valence-electron chi connectivity index (χ4n) is 2.85. The van der Waals surface area contributed by atoms with Crippen LogP contribution in [0.15, 0.2) is 71.8 Å². The molecule has 0 atom stereocenters. The molecule has 0 spiro atoms. The minimum atomic E-state index is -0.276. The van der Waals surface area contributed by atoms with Gasteiger partial charge < -0.3 is 0 Å². The molecule has 1 aromatic heterocycles. The topological polar surface area (TPSA) is 52.0 Å². The molecule has 1 heterocycles. The maximum atomic E-state index is 12.6. The zero-order valence-corrected chi connectivity index (χ0v) is 13.9. The van der Waals surface area contributed by atoms with Gasteiger partial charge in [-0.3, -0.25) is 14.2 Å². The van der Waals surface area contributed by atoms with Crippen LogP contribution in [-0.4, -0.2) is 15.3 Å². The van der Waals surface area contributed by atoms with E-state index in [4.69, 9.17) is 11.6 Å². The molecule has 0 aliphatic rings. The minimum Gasteiger partial charge on any atom is -0.292 e. The Morgan fingerprint density at radius 3 is 2.64 bits per heavy atom. The summed E-state index contributed by atoms with van der Waals surface area (Å²) in [5.41, 5.74) is 0.849. The number of fused-ring (bicyclic) bond motifs is 2. The standard InChI is InChI=1S/C20H13ClN2O2/c21-16-7-8-18-17(10-16)20(25)23(12-22-18)11-19(24)15-6-5-13-3-1-2-4-14(13)9-15/h1-10,12H,11H2. The lowest BCUT2D eigenvalue weighted by molar-refractivity contribution is 0.0971. The first-order valence-electron chi connectivity index (χ1n) is 7.78. The van der Waals surface area contributed by atoms with Crippen LogP contribution in [0.25, 0.3) is 21.7 Å². The molecule has 0 saturated heterocycles. The summed E-state index contributed by atoms with van der Waals surface area (Å²) < 4.78 is 1.32. The number of carbonyl (C=O) groups excluding carboxylic acids is 1. The summed E-state index contributed by atoms with van der Waals surface area (Å²) >= 11 is 5.96. The van der Waals surface area contributed by atoms with Gasteiger partial charge in [0, 0.05) is 10.6 Å². The van der Waals surface area contributed by atoms with E-state index < -0.39 is 0 Å². The molecule has 0 saturated carbocycles. The van der Waals surface area contributed by atoms with Gasteiger partial charge in [0.25, 0.3) is 5.56 Å². The van der Waals surface area contributed by atoms with Crippen LogP contribution in [0.3, 0.4) is 0 Å². The van der Waals surface area contributed by atoms with Crippen LogP contribution in [0.4, 0.5) is 0 Å². The fraction of sp³-hybridized carbons (Fsp3) is 0.0500. The number of hydrogen-bond acceptors (Lipinski definition) is 3. The molecular formula is C20H13ClN2O2. The Kier molecular flexibility index (Phi) is 3.82. The summed E-state index contributed by atoms with van der Waals surface area (Å²) in [5, 5.41) is 2.92. The smallest absolute Gasteiger partial charge is 0.261 e. The highest BCUT2D eigenvalue weighted by atomic mass is 35.5. The predicted molar refractivity (Wildman–Crippen MR) is 99.3 cm³/mol. The van der Waals surface area contributed by atoms with Crippen molar-refractivity contribution in [2.24, 2.45) is 0 Å². The Morgan fingerprint density at radius 2 is 1.80 bits per heavy atom. The van der Waals surface area contributed by atoms with Gasteiger partial charge in [0.2, 0.25) is 0 Å². The molecule has 0 aliphatic carbocycles. The molecule has 0 amide bonds. The van der Waals surface area contributed by atoms with E-state index in [9.17, 15) is 9.59 Å². The fourth-order valence-corrected chi connectivity index (χ4v) is 3.02. The van der Waals surface area contributed by atoms with Crippen molar-refractivity contribution in [1.82, 2.24) is 9.55 Å². The van der Waals surface area contributed by atoms with Gasteiger partial charge >= 0.3 is 0 Å². The molecule has 4 aromatic rings. The van der Waals surface area contributed by atoms with Gasteiger partial charge in [-0.15, -0.1) is 0 Å². The van der Waals surface area contributed by atoms with Gasteiger partial charge in [-0.2, -0.15) is 0 Å². The van der Waals surface area contributed by atoms with Crippen LogP contribution >= 0.6 is 11.6 Å². The zero-order chi connectivity index (χ0) is 17.4. The molecule has 0 fully saturated rings. The number of Topliss-reactive ketones (excluding diaryl/α,β-unsaturated/α-hetero) is 1. The molecule has 5 heteroatoms. The van der Waals surface area contributed by atoms with E-state index in [1.54, 1.807) is 24.3 Å². The monoisotopic (exact) mass is 348 g/mol. The Balaban J connectivity index is 1.71. The second kappa shape index (κ2) is 6.15.